The SMILES string of the molecule is CCOC(=O)c1cc(-c2ccc(Br)c(OC)c2)n[nH]1. The van der Waals surface area contributed by atoms with Crippen LogP contribution in [0.4, 0.5) is 0 Å². The highest BCUT2D eigenvalue weighted by atomic mass is 79.9. The smallest absolute Gasteiger partial charge is 0.356 e. The lowest BCUT2D eigenvalue weighted by Crippen LogP contribution is -2.04. The van der Waals surface area contributed by atoms with Gasteiger partial charge in [0.15, 0.2) is 0 Å². The quantitative estimate of drug-likeness (QED) is 0.878. The number of hydrogen-bond donors (Lipinski definition) is 1. The van der Waals surface area contributed by atoms with Gasteiger partial charge in [-0.3, -0.25) is 5.10 Å². The van der Waals surface area contributed by atoms with Gasteiger partial charge in [-0.05, 0) is 41.1 Å². The highest BCUT2D eigenvalue weighted by Gasteiger charge is 2.12. The molecule has 0 unspecified atom stereocenters. The van der Waals surface area contributed by atoms with Gasteiger partial charge >= 0.3 is 5.97 Å². The van der Waals surface area contributed by atoms with E-state index in [9.17, 15) is 4.79 Å². The molecule has 100 valence electrons. The van der Waals surface area contributed by atoms with Crippen LogP contribution in [0.3, 0.4) is 0 Å². The molecule has 0 spiro atoms. The van der Waals surface area contributed by atoms with E-state index in [1.54, 1.807) is 20.1 Å². The molecule has 0 fully saturated rings. The van der Waals surface area contributed by atoms with E-state index in [-0.39, 0.29) is 0 Å². The van der Waals surface area contributed by atoms with Gasteiger partial charge in [0, 0.05) is 5.56 Å². The number of aromatic nitrogens is 2. The third-order valence-corrected chi connectivity index (χ3v) is 3.18. The molecule has 1 aromatic heterocycles. The Morgan fingerprint density at radius 3 is 2.89 bits per heavy atom. The van der Waals surface area contributed by atoms with E-state index < -0.39 is 5.97 Å². The summed E-state index contributed by atoms with van der Waals surface area (Å²) in [6.07, 6.45) is 0. The summed E-state index contributed by atoms with van der Waals surface area (Å²) in [5.41, 5.74) is 1.85. The summed E-state index contributed by atoms with van der Waals surface area (Å²) in [7, 11) is 1.60. The third-order valence-electron chi connectivity index (χ3n) is 2.52. The Labute approximate surface area is 119 Å². The van der Waals surface area contributed by atoms with Crippen LogP contribution < -0.4 is 4.74 Å². The number of carbonyl (C=O) groups excluding carboxylic acids is 1. The zero-order valence-electron chi connectivity index (χ0n) is 10.6. The second-order valence-corrected chi connectivity index (χ2v) is 4.59. The van der Waals surface area contributed by atoms with E-state index in [1.165, 1.54) is 0 Å². The first kappa shape index (κ1) is 13.6. The number of carbonyl (C=O) groups is 1. The van der Waals surface area contributed by atoms with Gasteiger partial charge in [-0.2, -0.15) is 5.10 Å². The number of halogens is 1. The Morgan fingerprint density at radius 1 is 1.42 bits per heavy atom. The number of methoxy groups -OCH3 is 1. The number of nitrogens with zero attached hydrogens (tertiary/aromatic N) is 1. The summed E-state index contributed by atoms with van der Waals surface area (Å²) < 4.78 is 11.0. The Balaban J connectivity index is 2.30. The van der Waals surface area contributed by atoms with Crippen LogP contribution in [0.1, 0.15) is 17.4 Å². The Bertz CT molecular complexity index is 595. The molecule has 1 N–H and O–H groups in total. The summed E-state index contributed by atoms with van der Waals surface area (Å²) in [5.74, 6) is 0.295. The van der Waals surface area contributed by atoms with Crippen LogP contribution >= 0.6 is 15.9 Å². The predicted molar refractivity (Wildman–Crippen MR) is 74.2 cm³/mol. The fraction of sp³-hybridized carbons (Fsp3) is 0.231. The van der Waals surface area contributed by atoms with E-state index in [0.717, 1.165) is 10.0 Å². The van der Waals surface area contributed by atoms with Crippen molar-refractivity contribution < 1.29 is 14.3 Å². The van der Waals surface area contributed by atoms with Crippen LogP contribution in [-0.2, 0) is 4.74 Å². The lowest BCUT2D eigenvalue weighted by Gasteiger charge is -2.04. The molecule has 0 aliphatic rings. The molecule has 2 rings (SSSR count). The first-order valence-electron chi connectivity index (χ1n) is 5.72. The number of ether oxygens (including phenoxy) is 2. The number of H-pyrrole nitrogens is 1. The van der Waals surface area contributed by atoms with Crippen molar-refractivity contribution in [2.75, 3.05) is 13.7 Å². The zero-order chi connectivity index (χ0) is 13.8. The van der Waals surface area contributed by atoms with Crippen LogP contribution in [-0.4, -0.2) is 29.9 Å². The first-order chi connectivity index (χ1) is 9.15. The predicted octanol–water partition coefficient (Wildman–Crippen LogP) is 3.02. The van der Waals surface area contributed by atoms with Crippen molar-refractivity contribution in [1.29, 1.82) is 0 Å². The van der Waals surface area contributed by atoms with Crippen molar-refractivity contribution in [1.82, 2.24) is 10.2 Å². The van der Waals surface area contributed by atoms with Crippen molar-refractivity contribution in [3.63, 3.8) is 0 Å². The molecule has 0 atom stereocenters. The van der Waals surface area contributed by atoms with Crippen molar-refractivity contribution in [3.8, 4) is 17.0 Å². The van der Waals surface area contributed by atoms with Crippen LogP contribution in [0.2, 0.25) is 0 Å². The second kappa shape index (κ2) is 5.88. The molecule has 1 aromatic carbocycles. The highest BCUT2D eigenvalue weighted by molar-refractivity contribution is 9.10. The molecule has 1 heterocycles. The molecule has 0 amide bonds. The topological polar surface area (TPSA) is 64.2 Å². The van der Waals surface area contributed by atoms with Crippen molar-refractivity contribution in [2.45, 2.75) is 6.92 Å². The molecular weight excluding hydrogens is 312 g/mol. The number of nitrogens with one attached hydrogen (secondary N) is 1. The fourth-order valence-electron chi connectivity index (χ4n) is 1.60. The van der Waals surface area contributed by atoms with Crippen LogP contribution in [0.5, 0.6) is 5.75 Å². The molecule has 6 heteroatoms. The van der Waals surface area contributed by atoms with E-state index in [4.69, 9.17) is 9.47 Å². The normalized spacial score (nSPS) is 10.3. The summed E-state index contributed by atoms with van der Waals surface area (Å²) in [5, 5.41) is 6.76. The third kappa shape index (κ3) is 2.96. The molecular formula is C13H13BrN2O3. The monoisotopic (exact) mass is 324 g/mol. The Kier molecular flexibility index (Phi) is 4.21. The summed E-state index contributed by atoms with van der Waals surface area (Å²) in [6, 6.07) is 7.25. The average Bonchev–Trinajstić information content (AvgIpc) is 2.89. The number of hydrogen-bond acceptors (Lipinski definition) is 4. The van der Waals surface area contributed by atoms with Gasteiger partial charge in [0.25, 0.3) is 0 Å². The summed E-state index contributed by atoms with van der Waals surface area (Å²) in [6.45, 7) is 2.09. The molecule has 0 saturated carbocycles. The van der Waals surface area contributed by atoms with E-state index >= 15 is 0 Å². The largest absolute Gasteiger partial charge is 0.496 e. The van der Waals surface area contributed by atoms with Gasteiger partial charge in [-0.25, -0.2) is 4.79 Å². The molecule has 0 aliphatic carbocycles. The molecule has 0 saturated heterocycles. The van der Waals surface area contributed by atoms with E-state index in [0.29, 0.717) is 23.7 Å². The van der Waals surface area contributed by atoms with Gasteiger partial charge < -0.3 is 9.47 Å². The molecule has 5 nitrogen and oxygen atoms in total. The Hall–Kier alpha value is -1.82. The van der Waals surface area contributed by atoms with E-state index in [1.807, 2.05) is 18.2 Å². The highest BCUT2D eigenvalue weighted by Crippen LogP contribution is 2.30. The van der Waals surface area contributed by atoms with Gasteiger partial charge in [-0.1, -0.05) is 6.07 Å². The Morgan fingerprint density at radius 2 is 2.21 bits per heavy atom. The zero-order valence-corrected chi connectivity index (χ0v) is 12.2. The van der Waals surface area contributed by atoms with Crippen LogP contribution in [0, 0.1) is 0 Å². The van der Waals surface area contributed by atoms with Gasteiger partial charge in [-0.15, -0.1) is 0 Å². The maximum Gasteiger partial charge on any atom is 0.356 e. The maximum absolute atomic E-state index is 11.5. The van der Waals surface area contributed by atoms with Gasteiger partial charge in [0.05, 0.1) is 23.9 Å². The summed E-state index contributed by atoms with van der Waals surface area (Å²) in [4.78, 5) is 11.5. The first-order valence-corrected chi connectivity index (χ1v) is 6.51. The minimum absolute atomic E-state index is 0.332. The number of rotatable bonds is 4. The minimum Gasteiger partial charge on any atom is -0.496 e. The number of esters is 1. The molecule has 0 aliphatic heterocycles. The standard InChI is InChI=1S/C13H13BrN2O3/c1-3-19-13(17)11-7-10(15-16-11)8-4-5-9(14)12(6-8)18-2/h4-7H,3H2,1-2H3,(H,15,16). The van der Waals surface area contributed by atoms with Gasteiger partial charge in [0.2, 0.25) is 0 Å². The minimum atomic E-state index is -0.412. The fourth-order valence-corrected chi connectivity index (χ4v) is 2.01. The van der Waals surface area contributed by atoms with Gasteiger partial charge in [0.1, 0.15) is 11.4 Å². The van der Waals surface area contributed by atoms with Crippen molar-refractivity contribution in [3.05, 3.63) is 34.4 Å². The second-order valence-electron chi connectivity index (χ2n) is 3.74. The number of aromatic amines is 1. The lowest BCUT2D eigenvalue weighted by molar-refractivity contribution is 0.0519. The van der Waals surface area contributed by atoms with Crippen LogP contribution in [0.15, 0.2) is 28.7 Å². The van der Waals surface area contributed by atoms with Crippen molar-refractivity contribution in [2.24, 2.45) is 0 Å². The lowest BCUT2D eigenvalue weighted by atomic mass is 10.1. The van der Waals surface area contributed by atoms with Crippen LogP contribution in [0.25, 0.3) is 11.3 Å². The molecule has 0 bridgehead atoms. The van der Waals surface area contributed by atoms with E-state index in [2.05, 4.69) is 26.1 Å². The molecule has 19 heavy (non-hydrogen) atoms. The maximum atomic E-state index is 11.5. The average molecular weight is 325 g/mol. The number of benzene rings is 1. The summed E-state index contributed by atoms with van der Waals surface area (Å²) >= 11 is 3.38. The molecule has 0 radical (unpaired) electrons. The molecule has 2 aromatic rings. The van der Waals surface area contributed by atoms with Crippen molar-refractivity contribution >= 4 is 21.9 Å².